The van der Waals surface area contributed by atoms with Gasteiger partial charge in [-0.3, -0.25) is 0 Å². The first-order valence-corrected chi connectivity index (χ1v) is 5.79. The Balaban J connectivity index is 2.14. The van der Waals surface area contributed by atoms with Crippen molar-refractivity contribution in [2.45, 2.75) is 26.0 Å². The molecule has 1 aliphatic heterocycles. The summed E-state index contributed by atoms with van der Waals surface area (Å²) in [6.45, 7) is 4.21. The molecule has 1 saturated heterocycles. The third-order valence-corrected chi connectivity index (χ3v) is 3.29. The molecule has 0 aromatic carbocycles. The Hall–Kier alpha value is -1.13. The van der Waals surface area contributed by atoms with Crippen LogP contribution in [0.25, 0.3) is 0 Å². The van der Waals surface area contributed by atoms with E-state index in [1.807, 2.05) is 19.1 Å². The van der Waals surface area contributed by atoms with Crippen LogP contribution in [0.4, 0.5) is 5.82 Å². The number of nitrogens with zero attached hydrogens (tertiary/aromatic N) is 2. The summed E-state index contributed by atoms with van der Waals surface area (Å²) in [6, 6.07) is 3.92. The Kier molecular flexibility index (Phi) is 3.41. The Labute approximate surface area is 96.1 Å². The standard InChI is InChI=1S/C12H19N3O/c1-9(16)11-4-6-15(8-11)12-10(7-13)3-2-5-14-12/h2-3,5,9,11,16H,4,6-8,13H2,1H3. The van der Waals surface area contributed by atoms with E-state index in [2.05, 4.69) is 9.88 Å². The second-order valence-electron chi connectivity index (χ2n) is 4.43. The molecule has 88 valence electrons. The highest BCUT2D eigenvalue weighted by molar-refractivity contribution is 5.47. The Bertz CT molecular complexity index is 354. The predicted octanol–water partition coefficient (Wildman–Crippen LogP) is 0.747. The first-order valence-electron chi connectivity index (χ1n) is 5.79. The molecule has 4 heteroatoms. The number of pyridine rings is 1. The van der Waals surface area contributed by atoms with Crippen molar-refractivity contribution in [3.05, 3.63) is 23.9 Å². The Morgan fingerprint density at radius 1 is 1.69 bits per heavy atom. The van der Waals surface area contributed by atoms with Crippen LogP contribution in [0.1, 0.15) is 18.9 Å². The first-order chi connectivity index (χ1) is 7.72. The van der Waals surface area contributed by atoms with Gasteiger partial charge in [0.15, 0.2) is 0 Å². The number of anilines is 1. The zero-order valence-corrected chi connectivity index (χ0v) is 9.63. The largest absolute Gasteiger partial charge is 0.393 e. The van der Waals surface area contributed by atoms with Crippen molar-refractivity contribution in [2.75, 3.05) is 18.0 Å². The van der Waals surface area contributed by atoms with Gasteiger partial charge < -0.3 is 15.7 Å². The zero-order valence-electron chi connectivity index (χ0n) is 9.63. The van der Waals surface area contributed by atoms with E-state index in [0.29, 0.717) is 12.5 Å². The molecule has 1 aliphatic rings. The van der Waals surface area contributed by atoms with Gasteiger partial charge in [0.2, 0.25) is 0 Å². The van der Waals surface area contributed by atoms with Gasteiger partial charge in [-0.2, -0.15) is 0 Å². The lowest BCUT2D eigenvalue weighted by Gasteiger charge is -2.20. The molecule has 1 aromatic rings. The highest BCUT2D eigenvalue weighted by Gasteiger charge is 2.27. The lowest BCUT2D eigenvalue weighted by molar-refractivity contribution is 0.136. The van der Waals surface area contributed by atoms with Gasteiger partial charge in [-0.1, -0.05) is 6.07 Å². The summed E-state index contributed by atoms with van der Waals surface area (Å²) in [4.78, 5) is 6.61. The van der Waals surface area contributed by atoms with E-state index in [4.69, 9.17) is 5.73 Å². The molecule has 2 rings (SSSR count). The summed E-state index contributed by atoms with van der Waals surface area (Å²) in [5.74, 6) is 1.33. The van der Waals surface area contributed by atoms with Crippen LogP contribution in [0.15, 0.2) is 18.3 Å². The van der Waals surface area contributed by atoms with Gasteiger partial charge in [-0.25, -0.2) is 4.98 Å². The molecule has 3 N–H and O–H groups in total. The van der Waals surface area contributed by atoms with Crippen molar-refractivity contribution in [3.8, 4) is 0 Å². The number of nitrogens with two attached hydrogens (primary N) is 1. The summed E-state index contributed by atoms with van der Waals surface area (Å²) in [5.41, 5.74) is 6.77. The number of rotatable bonds is 3. The van der Waals surface area contributed by atoms with Gasteiger partial charge in [0.1, 0.15) is 5.82 Å². The molecule has 4 nitrogen and oxygen atoms in total. The molecule has 16 heavy (non-hydrogen) atoms. The molecule has 1 fully saturated rings. The number of aromatic nitrogens is 1. The minimum atomic E-state index is -0.241. The number of hydrogen-bond donors (Lipinski definition) is 2. The third-order valence-electron chi connectivity index (χ3n) is 3.29. The maximum Gasteiger partial charge on any atom is 0.133 e. The van der Waals surface area contributed by atoms with Crippen LogP contribution in [-0.4, -0.2) is 29.3 Å². The average molecular weight is 221 g/mol. The van der Waals surface area contributed by atoms with Crippen molar-refractivity contribution >= 4 is 5.82 Å². The fourth-order valence-corrected chi connectivity index (χ4v) is 2.25. The SMILES string of the molecule is CC(O)C1CCN(c2ncccc2CN)C1. The average Bonchev–Trinajstić information content (AvgIpc) is 2.78. The van der Waals surface area contributed by atoms with Crippen LogP contribution >= 0.6 is 0 Å². The topological polar surface area (TPSA) is 62.4 Å². The smallest absolute Gasteiger partial charge is 0.133 e. The molecule has 0 amide bonds. The van der Waals surface area contributed by atoms with Crippen LogP contribution < -0.4 is 10.6 Å². The maximum absolute atomic E-state index is 9.57. The zero-order chi connectivity index (χ0) is 11.5. The molecule has 0 spiro atoms. The van der Waals surface area contributed by atoms with Crippen LogP contribution in [0.3, 0.4) is 0 Å². The number of aliphatic hydroxyl groups is 1. The molecule has 0 radical (unpaired) electrons. The van der Waals surface area contributed by atoms with Crippen LogP contribution in [-0.2, 0) is 6.54 Å². The Morgan fingerprint density at radius 3 is 3.12 bits per heavy atom. The molecular formula is C12H19N3O. The van der Waals surface area contributed by atoms with E-state index in [0.717, 1.165) is 30.9 Å². The van der Waals surface area contributed by atoms with Crippen molar-refractivity contribution in [1.29, 1.82) is 0 Å². The molecule has 2 heterocycles. The minimum Gasteiger partial charge on any atom is -0.393 e. The molecule has 2 unspecified atom stereocenters. The third kappa shape index (κ3) is 2.18. The van der Waals surface area contributed by atoms with Crippen LogP contribution in [0, 0.1) is 5.92 Å². The monoisotopic (exact) mass is 221 g/mol. The van der Waals surface area contributed by atoms with Crippen molar-refractivity contribution in [3.63, 3.8) is 0 Å². The lowest BCUT2D eigenvalue weighted by Crippen LogP contribution is -2.25. The van der Waals surface area contributed by atoms with Gasteiger partial charge in [-0.15, -0.1) is 0 Å². The summed E-state index contributed by atoms with van der Waals surface area (Å²) >= 11 is 0. The summed E-state index contributed by atoms with van der Waals surface area (Å²) in [5, 5.41) is 9.57. The molecule has 1 aromatic heterocycles. The maximum atomic E-state index is 9.57. The summed E-state index contributed by atoms with van der Waals surface area (Å²) in [7, 11) is 0. The number of hydrogen-bond acceptors (Lipinski definition) is 4. The normalized spacial score (nSPS) is 22.4. The van der Waals surface area contributed by atoms with Gasteiger partial charge in [0.25, 0.3) is 0 Å². The van der Waals surface area contributed by atoms with Crippen molar-refractivity contribution in [2.24, 2.45) is 11.7 Å². The highest BCUT2D eigenvalue weighted by Crippen LogP contribution is 2.26. The Morgan fingerprint density at radius 2 is 2.50 bits per heavy atom. The van der Waals surface area contributed by atoms with Crippen molar-refractivity contribution < 1.29 is 5.11 Å². The van der Waals surface area contributed by atoms with Crippen LogP contribution in [0.5, 0.6) is 0 Å². The lowest BCUT2D eigenvalue weighted by atomic mass is 10.0. The quantitative estimate of drug-likeness (QED) is 0.790. The first kappa shape index (κ1) is 11.4. The van der Waals surface area contributed by atoms with Gasteiger partial charge in [0, 0.05) is 37.3 Å². The fraction of sp³-hybridized carbons (Fsp3) is 0.583. The summed E-state index contributed by atoms with van der Waals surface area (Å²) in [6.07, 6.45) is 2.58. The molecule has 0 saturated carbocycles. The minimum absolute atomic E-state index is 0.241. The van der Waals surface area contributed by atoms with E-state index in [9.17, 15) is 5.11 Å². The van der Waals surface area contributed by atoms with Crippen molar-refractivity contribution in [1.82, 2.24) is 4.98 Å². The fourth-order valence-electron chi connectivity index (χ4n) is 2.25. The van der Waals surface area contributed by atoms with Gasteiger partial charge >= 0.3 is 0 Å². The molecule has 0 aliphatic carbocycles. The second kappa shape index (κ2) is 4.80. The molecule has 2 atom stereocenters. The summed E-state index contributed by atoms with van der Waals surface area (Å²) < 4.78 is 0. The van der Waals surface area contributed by atoms with E-state index in [1.54, 1.807) is 6.20 Å². The van der Waals surface area contributed by atoms with E-state index in [-0.39, 0.29) is 6.10 Å². The van der Waals surface area contributed by atoms with E-state index >= 15 is 0 Å². The van der Waals surface area contributed by atoms with Crippen LogP contribution in [0.2, 0.25) is 0 Å². The second-order valence-corrected chi connectivity index (χ2v) is 4.43. The van der Waals surface area contributed by atoms with Gasteiger partial charge in [-0.05, 0) is 19.4 Å². The molecular weight excluding hydrogens is 202 g/mol. The van der Waals surface area contributed by atoms with Gasteiger partial charge in [0.05, 0.1) is 6.10 Å². The highest BCUT2D eigenvalue weighted by atomic mass is 16.3. The number of aliphatic hydroxyl groups excluding tert-OH is 1. The van der Waals surface area contributed by atoms with E-state index in [1.165, 1.54) is 0 Å². The molecule has 0 bridgehead atoms. The van der Waals surface area contributed by atoms with E-state index < -0.39 is 0 Å². The predicted molar refractivity (Wildman–Crippen MR) is 64.1 cm³/mol.